The summed E-state index contributed by atoms with van der Waals surface area (Å²) in [7, 11) is 1.68. The maximum absolute atomic E-state index is 6.11. The van der Waals surface area contributed by atoms with Crippen LogP contribution in [0.3, 0.4) is 0 Å². The lowest BCUT2D eigenvalue weighted by Gasteiger charge is -2.11. The first kappa shape index (κ1) is 15.2. The number of aromatic nitrogens is 1. The molecule has 0 spiro atoms. The predicted octanol–water partition coefficient (Wildman–Crippen LogP) is 3.28. The number of methoxy groups -OCH3 is 1. The van der Waals surface area contributed by atoms with Crippen molar-refractivity contribution in [3.63, 3.8) is 0 Å². The number of rotatable bonds is 7. The Hall–Kier alpha value is -1.16. The number of aryl methyl sites for hydroxylation is 1. The minimum Gasteiger partial charge on any atom is -0.383 e. The zero-order valence-corrected chi connectivity index (χ0v) is 12.8. The minimum atomic E-state index is 0.0726. The Kier molecular flexibility index (Phi) is 5.77. The maximum atomic E-state index is 6.11. The highest BCUT2D eigenvalue weighted by atomic mass is 35.5. The number of pyridine rings is 1. The Morgan fingerprint density at radius 3 is 2.95 bits per heavy atom. The monoisotopic (exact) mass is 292 g/mol. The fourth-order valence-corrected chi connectivity index (χ4v) is 2.52. The van der Waals surface area contributed by atoms with Crippen LogP contribution in [0, 0.1) is 6.92 Å². The molecule has 0 aliphatic heterocycles. The molecule has 0 bridgehead atoms. The molecule has 3 nitrogen and oxygen atoms in total. The lowest BCUT2D eigenvalue weighted by atomic mass is 10.1. The highest BCUT2D eigenvalue weighted by Crippen LogP contribution is 2.18. The van der Waals surface area contributed by atoms with E-state index in [2.05, 4.69) is 34.6 Å². The summed E-state index contributed by atoms with van der Waals surface area (Å²) in [5.41, 5.74) is 3.39. The van der Waals surface area contributed by atoms with Crippen molar-refractivity contribution in [3.8, 4) is 0 Å². The largest absolute Gasteiger partial charge is 0.383 e. The Balaban J connectivity index is 1.96. The molecule has 0 saturated carbocycles. The SMILES string of the molecule is COCC(Cl)CCNCc1cc(C)nc2ccccc12. The second kappa shape index (κ2) is 7.58. The van der Waals surface area contributed by atoms with Gasteiger partial charge in [-0.3, -0.25) is 4.98 Å². The van der Waals surface area contributed by atoms with Crippen LogP contribution in [0.1, 0.15) is 17.7 Å². The number of nitrogens with zero attached hydrogens (tertiary/aromatic N) is 1. The average Bonchev–Trinajstić information content (AvgIpc) is 2.43. The van der Waals surface area contributed by atoms with Crippen LogP contribution < -0.4 is 5.32 Å². The number of nitrogens with one attached hydrogen (secondary N) is 1. The molecule has 108 valence electrons. The lowest BCUT2D eigenvalue weighted by molar-refractivity contribution is 0.195. The molecule has 2 aromatic rings. The zero-order valence-electron chi connectivity index (χ0n) is 12.0. The molecule has 4 heteroatoms. The Morgan fingerprint density at radius 1 is 1.35 bits per heavy atom. The summed E-state index contributed by atoms with van der Waals surface area (Å²) in [5.74, 6) is 0. The number of benzene rings is 1. The van der Waals surface area contributed by atoms with E-state index in [4.69, 9.17) is 16.3 Å². The highest BCUT2D eigenvalue weighted by molar-refractivity contribution is 6.20. The summed E-state index contributed by atoms with van der Waals surface area (Å²) < 4.78 is 5.02. The lowest BCUT2D eigenvalue weighted by Crippen LogP contribution is -2.20. The third-order valence-corrected chi connectivity index (χ3v) is 3.57. The van der Waals surface area contributed by atoms with Crippen LogP contribution in [-0.2, 0) is 11.3 Å². The van der Waals surface area contributed by atoms with Crippen molar-refractivity contribution in [1.82, 2.24) is 10.3 Å². The number of fused-ring (bicyclic) bond motifs is 1. The van der Waals surface area contributed by atoms with Crippen LogP contribution in [0.5, 0.6) is 0 Å². The van der Waals surface area contributed by atoms with Gasteiger partial charge in [0.2, 0.25) is 0 Å². The molecule has 0 amide bonds. The van der Waals surface area contributed by atoms with Gasteiger partial charge in [0.05, 0.1) is 17.5 Å². The first-order valence-corrected chi connectivity index (χ1v) is 7.33. The molecule has 0 aliphatic carbocycles. The first-order chi connectivity index (χ1) is 9.70. The second-order valence-corrected chi connectivity index (χ2v) is 5.58. The molecule has 1 aromatic carbocycles. The highest BCUT2D eigenvalue weighted by Gasteiger charge is 2.05. The average molecular weight is 293 g/mol. The smallest absolute Gasteiger partial charge is 0.0708 e. The number of halogens is 1. The number of para-hydroxylation sites is 1. The molecular formula is C16H21ClN2O. The van der Waals surface area contributed by atoms with Gasteiger partial charge in [0.25, 0.3) is 0 Å². The molecular weight excluding hydrogens is 272 g/mol. The van der Waals surface area contributed by atoms with Crippen LogP contribution in [-0.4, -0.2) is 30.6 Å². The summed E-state index contributed by atoms with van der Waals surface area (Å²) in [6.07, 6.45) is 0.900. The van der Waals surface area contributed by atoms with Gasteiger partial charge in [0.15, 0.2) is 0 Å². The Labute approximate surface area is 125 Å². The van der Waals surface area contributed by atoms with Crippen molar-refractivity contribution in [2.75, 3.05) is 20.3 Å². The normalized spacial score (nSPS) is 12.8. The number of alkyl halides is 1. The molecule has 1 atom stereocenters. The third-order valence-electron chi connectivity index (χ3n) is 3.23. The van der Waals surface area contributed by atoms with E-state index in [1.54, 1.807) is 7.11 Å². The van der Waals surface area contributed by atoms with Gasteiger partial charge in [-0.15, -0.1) is 11.6 Å². The van der Waals surface area contributed by atoms with Gasteiger partial charge in [-0.25, -0.2) is 0 Å². The molecule has 0 aliphatic rings. The van der Waals surface area contributed by atoms with E-state index >= 15 is 0 Å². The van der Waals surface area contributed by atoms with Gasteiger partial charge in [0, 0.05) is 24.7 Å². The number of ether oxygens (including phenoxy) is 1. The van der Waals surface area contributed by atoms with Crippen molar-refractivity contribution >= 4 is 22.5 Å². The quantitative estimate of drug-likeness (QED) is 0.628. The first-order valence-electron chi connectivity index (χ1n) is 6.89. The third kappa shape index (κ3) is 4.17. The molecule has 0 fully saturated rings. The van der Waals surface area contributed by atoms with Crippen LogP contribution in [0.15, 0.2) is 30.3 Å². The van der Waals surface area contributed by atoms with Gasteiger partial charge in [-0.2, -0.15) is 0 Å². The number of hydrogen-bond acceptors (Lipinski definition) is 3. The molecule has 0 saturated heterocycles. The van der Waals surface area contributed by atoms with Crippen molar-refractivity contribution in [2.45, 2.75) is 25.3 Å². The van der Waals surface area contributed by atoms with E-state index in [1.165, 1.54) is 10.9 Å². The van der Waals surface area contributed by atoms with Crippen LogP contribution in [0.4, 0.5) is 0 Å². The Morgan fingerprint density at radius 2 is 2.15 bits per heavy atom. The second-order valence-electron chi connectivity index (χ2n) is 4.96. The molecule has 20 heavy (non-hydrogen) atoms. The van der Waals surface area contributed by atoms with Crippen LogP contribution in [0.2, 0.25) is 0 Å². The molecule has 1 aromatic heterocycles. The summed E-state index contributed by atoms with van der Waals surface area (Å²) in [4.78, 5) is 4.55. The van der Waals surface area contributed by atoms with Crippen molar-refractivity contribution < 1.29 is 4.74 Å². The maximum Gasteiger partial charge on any atom is 0.0708 e. The summed E-state index contributed by atoms with van der Waals surface area (Å²) in [6, 6.07) is 10.4. The summed E-state index contributed by atoms with van der Waals surface area (Å²) in [6.45, 7) is 4.34. The van der Waals surface area contributed by atoms with E-state index in [9.17, 15) is 0 Å². The van der Waals surface area contributed by atoms with E-state index in [0.29, 0.717) is 6.61 Å². The fraction of sp³-hybridized carbons (Fsp3) is 0.438. The van der Waals surface area contributed by atoms with Crippen LogP contribution in [0.25, 0.3) is 10.9 Å². The van der Waals surface area contributed by atoms with Crippen molar-refractivity contribution in [3.05, 3.63) is 41.6 Å². The molecule has 1 heterocycles. The van der Waals surface area contributed by atoms with Gasteiger partial charge in [-0.1, -0.05) is 18.2 Å². The molecule has 2 rings (SSSR count). The predicted molar refractivity (Wildman–Crippen MR) is 84.3 cm³/mol. The fourth-order valence-electron chi connectivity index (χ4n) is 2.29. The molecule has 1 N–H and O–H groups in total. The number of hydrogen-bond donors (Lipinski definition) is 1. The molecule has 1 unspecified atom stereocenters. The van der Waals surface area contributed by atoms with Gasteiger partial charge >= 0.3 is 0 Å². The summed E-state index contributed by atoms with van der Waals surface area (Å²) in [5, 5.41) is 4.73. The topological polar surface area (TPSA) is 34.1 Å². The Bertz CT molecular complexity index is 559. The van der Waals surface area contributed by atoms with E-state index < -0.39 is 0 Å². The van der Waals surface area contributed by atoms with E-state index in [1.807, 2.05) is 13.0 Å². The van der Waals surface area contributed by atoms with Crippen molar-refractivity contribution in [1.29, 1.82) is 0 Å². The van der Waals surface area contributed by atoms with Gasteiger partial charge in [0.1, 0.15) is 0 Å². The standard InChI is InChI=1S/C16H21ClN2O/c1-12-9-13(10-18-8-7-14(17)11-20-2)15-5-3-4-6-16(15)19-12/h3-6,9,14,18H,7-8,10-11H2,1-2H3. The van der Waals surface area contributed by atoms with Gasteiger partial charge < -0.3 is 10.1 Å². The summed E-state index contributed by atoms with van der Waals surface area (Å²) >= 11 is 6.11. The zero-order chi connectivity index (χ0) is 14.4. The van der Waals surface area contributed by atoms with E-state index in [-0.39, 0.29) is 5.38 Å². The minimum absolute atomic E-state index is 0.0726. The molecule has 0 radical (unpaired) electrons. The van der Waals surface area contributed by atoms with Crippen molar-refractivity contribution in [2.24, 2.45) is 0 Å². The van der Waals surface area contributed by atoms with E-state index in [0.717, 1.165) is 30.7 Å². The van der Waals surface area contributed by atoms with Crippen LogP contribution >= 0.6 is 11.6 Å². The van der Waals surface area contributed by atoms with Gasteiger partial charge in [-0.05, 0) is 37.6 Å².